The summed E-state index contributed by atoms with van der Waals surface area (Å²) in [4.78, 5) is 20.3. The largest absolute Gasteiger partial charge is 0.339 e. The van der Waals surface area contributed by atoms with E-state index in [1.54, 1.807) is 17.4 Å². The first-order valence-corrected chi connectivity index (χ1v) is 11.7. The lowest BCUT2D eigenvalue weighted by Gasteiger charge is -2.26. The van der Waals surface area contributed by atoms with Crippen molar-refractivity contribution in [3.05, 3.63) is 45.2 Å². The number of likely N-dealkylation sites (tertiary alicyclic amines) is 1. The van der Waals surface area contributed by atoms with Gasteiger partial charge >= 0.3 is 0 Å². The first-order chi connectivity index (χ1) is 13.7. The number of thiophene rings is 1. The third kappa shape index (κ3) is 4.14. The molecular formula is C21H22ClN3OS2. The van der Waals surface area contributed by atoms with Gasteiger partial charge in [-0.15, -0.1) is 11.3 Å². The molecule has 1 fully saturated rings. The summed E-state index contributed by atoms with van der Waals surface area (Å²) in [5, 5.41) is 3.75. The predicted molar refractivity (Wildman–Crippen MR) is 117 cm³/mol. The van der Waals surface area contributed by atoms with Crippen molar-refractivity contribution >= 4 is 40.4 Å². The molecule has 4 rings (SSSR count). The number of benzene rings is 1. The van der Waals surface area contributed by atoms with Crippen LogP contribution in [0.2, 0.25) is 5.02 Å². The number of hydrogen-bond donors (Lipinski definition) is 0. The molecule has 0 N–H and O–H groups in total. The van der Waals surface area contributed by atoms with Crippen molar-refractivity contribution in [2.45, 2.75) is 39.0 Å². The van der Waals surface area contributed by atoms with Crippen molar-refractivity contribution in [3.63, 3.8) is 0 Å². The van der Waals surface area contributed by atoms with E-state index in [1.165, 1.54) is 18.0 Å². The number of nitrogens with zero attached hydrogens (tertiary/aromatic N) is 3. The summed E-state index contributed by atoms with van der Waals surface area (Å²) in [5.41, 5.74) is 2.63. The van der Waals surface area contributed by atoms with Gasteiger partial charge in [-0.05, 0) is 66.4 Å². The van der Waals surface area contributed by atoms with Gasteiger partial charge in [0.2, 0.25) is 0 Å². The van der Waals surface area contributed by atoms with Crippen LogP contribution in [0.3, 0.4) is 0 Å². The number of rotatable bonds is 5. The van der Waals surface area contributed by atoms with Crippen LogP contribution in [0.4, 0.5) is 0 Å². The fraction of sp³-hybridized carbons (Fsp3) is 0.381. The molecule has 0 bridgehead atoms. The molecule has 146 valence electrons. The molecule has 1 aliphatic heterocycles. The maximum atomic E-state index is 12.7. The number of hydrogen-bond acceptors (Lipinski definition) is 5. The minimum atomic E-state index is 0.0780. The highest BCUT2D eigenvalue weighted by atomic mass is 35.5. The summed E-state index contributed by atoms with van der Waals surface area (Å²) in [6, 6.07) is 7.71. The average molecular weight is 432 g/mol. The molecule has 2 aromatic heterocycles. The standard InChI is InChI=1S/C21H22ClN3OS2/c1-2-6-19-23-20(24-28-19)18-12-15(13-27-18)16-8-7-14(11-17(16)22)21(26)25-9-4-3-5-10-25/h7-8,11-13H,2-6,9-10H2,1H3. The van der Waals surface area contributed by atoms with Gasteiger partial charge in [0, 0.05) is 35.7 Å². The predicted octanol–water partition coefficient (Wildman–Crippen LogP) is 6.17. The zero-order valence-corrected chi connectivity index (χ0v) is 18.2. The molecule has 1 amide bonds. The summed E-state index contributed by atoms with van der Waals surface area (Å²) >= 11 is 9.64. The molecule has 3 heterocycles. The van der Waals surface area contributed by atoms with Crippen molar-refractivity contribution in [1.82, 2.24) is 14.3 Å². The van der Waals surface area contributed by atoms with Gasteiger partial charge in [0.15, 0.2) is 5.82 Å². The van der Waals surface area contributed by atoms with Gasteiger partial charge in [-0.2, -0.15) is 4.37 Å². The highest BCUT2D eigenvalue weighted by Crippen LogP contribution is 2.36. The van der Waals surface area contributed by atoms with Crippen molar-refractivity contribution < 1.29 is 4.79 Å². The Morgan fingerprint density at radius 2 is 2.04 bits per heavy atom. The summed E-state index contributed by atoms with van der Waals surface area (Å²) < 4.78 is 4.48. The second-order valence-corrected chi connectivity index (χ2v) is 9.16. The highest BCUT2D eigenvalue weighted by Gasteiger charge is 2.19. The van der Waals surface area contributed by atoms with Crippen LogP contribution < -0.4 is 0 Å². The second kappa shape index (κ2) is 8.72. The topological polar surface area (TPSA) is 46.1 Å². The van der Waals surface area contributed by atoms with Crippen LogP contribution in [0.15, 0.2) is 29.6 Å². The fourth-order valence-corrected chi connectivity index (χ4v) is 5.37. The van der Waals surface area contributed by atoms with E-state index >= 15 is 0 Å². The van der Waals surface area contributed by atoms with Gasteiger partial charge < -0.3 is 4.90 Å². The van der Waals surface area contributed by atoms with E-state index in [0.29, 0.717) is 10.6 Å². The Hall–Kier alpha value is -1.76. The van der Waals surface area contributed by atoms with E-state index in [9.17, 15) is 4.79 Å². The number of aryl methyl sites for hydroxylation is 1. The average Bonchev–Trinajstić information content (AvgIpc) is 3.38. The molecular weight excluding hydrogens is 410 g/mol. The molecule has 0 saturated carbocycles. The lowest BCUT2D eigenvalue weighted by molar-refractivity contribution is 0.0724. The zero-order chi connectivity index (χ0) is 19.5. The van der Waals surface area contributed by atoms with Crippen LogP contribution in [0.1, 0.15) is 48.0 Å². The first-order valence-electron chi connectivity index (χ1n) is 9.66. The van der Waals surface area contributed by atoms with Crippen LogP contribution in [0.25, 0.3) is 21.8 Å². The molecule has 0 spiro atoms. The molecule has 3 aromatic rings. The third-order valence-corrected chi connectivity index (χ3v) is 6.93. The maximum absolute atomic E-state index is 12.7. The van der Waals surface area contributed by atoms with Gasteiger partial charge in [-0.1, -0.05) is 24.6 Å². The van der Waals surface area contributed by atoms with Gasteiger partial charge in [0.25, 0.3) is 5.91 Å². The van der Waals surface area contributed by atoms with E-state index in [4.69, 9.17) is 11.6 Å². The summed E-state index contributed by atoms with van der Waals surface area (Å²) in [5.74, 6) is 0.868. The molecule has 28 heavy (non-hydrogen) atoms. The van der Waals surface area contributed by atoms with Crippen LogP contribution in [0, 0.1) is 0 Å². The van der Waals surface area contributed by atoms with Crippen molar-refractivity contribution in [1.29, 1.82) is 0 Å². The van der Waals surface area contributed by atoms with E-state index in [-0.39, 0.29) is 5.91 Å². The Bertz CT molecular complexity index is 976. The molecule has 1 aromatic carbocycles. The Kier molecular flexibility index (Phi) is 6.09. The number of amides is 1. The molecule has 4 nitrogen and oxygen atoms in total. The number of halogens is 1. The summed E-state index contributed by atoms with van der Waals surface area (Å²) in [7, 11) is 0. The first kappa shape index (κ1) is 19.6. The smallest absolute Gasteiger partial charge is 0.253 e. The maximum Gasteiger partial charge on any atom is 0.253 e. The highest BCUT2D eigenvalue weighted by molar-refractivity contribution is 7.14. The molecule has 7 heteroatoms. The van der Waals surface area contributed by atoms with Crippen molar-refractivity contribution in [2.75, 3.05) is 13.1 Å². The SMILES string of the molecule is CCCc1nc(-c2cc(-c3ccc(C(=O)N4CCCCC4)cc3Cl)cs2)ns1. The second-order valence-electron chi connectivity index (χ2n) is 7.01. The van der Waals surface area contributed by atoms with Crippen LogP contribution in [0.5, 0.6) is 0 Å². The molecule has 1 saturated heterocycles. The fourth-order valence-electron chi connectivity index (χ4n) is 3.43. The van der Waals surface area contributed by atoms with Gasteiger partial charge in [-0.3, -0.25) is 4.79 Å². The lowest BCUT2D eigenvalue weighted by atomic mass is 10.0. The zero-order valence-electron chi connectivity index (χ0n) is 15.8. The number of carbonyl (C=O) groups excluding carboxylic acids is 1. The Morgan fingerprint density at radius 3 is 2.79 bits per heavy atom. The molecule has 0 aliphatic carbocycles. The van der Waals surface area contributed by atoms with Crippen LogP contribution in [-0.4, -0.2) is 33.3 Å². The van der Waals surface area contributed by atoms with E-state index in [0.717, 1.165) is 65.6 Å². The minimum Gasteiger partial charge on any atom is -0.339 e. The van der Waals surface area contributed by atoms with E-state index in [1.807, 2.05) is 17.0 Å². The molecule has 0 unspecified atom stereocenters. The minimum absolute atomic E-state index is 0.0780. The van der Waals surface area contributed by atoms with Crippen LogP contribution in [-0.2, 0) is 6.42 Å². The Labute approximate surface area is 178 Å². The van der Waals surface area contributed by atoms with Crippen LogP contribution >= 0.6 is 34.5 Å². The quantitative estimate of drug-likeness (QED) is 0.485. The Balaban J connectivity index is 1.54. The Morgan fingerprint density at radius 1 is 1.21 bits per heavy atom. The normalized spacial score (nSPS) is 14.4. The third-order valence-electron chi connectivity index (χ3n) is 4.92. The summed E-state index contributed by atoms with van der Waals surface area (Å²) in [6.45, 7) is 3.82. The molecule has 0 atom stereocenters. The van der Waals surface area contributed by atoms with Gasteiger partial charge in [0.05, 0.1) is 4.88 Å². The number of carbonyl (C=O) groups is 1. The number of aromatic nitrogens is 2. The van der Waals surface area contributed by atoms with Crippen molar-refractivity contribution in [2.24, 2.45) is 0 Å². The molecule has 0 radical (unpaired) electrons. The van der Waals surface area contributed by atoms with Crippen molar-refractivity contribution in [3.8, 4) is 21.8 Å². The van der Waals surface area contributed by atoms with E-state index in [2.05, 4.69) is 27.7 Å². The molecule has 1 aliphatic rings. The van der Waals surface area contributed by atoms with Gasteiger partial charge in [-0.25, -0.2) is 4.98 Å². The summed E-state index contributed by atoms with van der Waals surface area (Å²) in [6.07, 6.45) is 5.41. The monoisotopic (exact) mass is 431 g/mol. The number of piperidine rings is 1. The lowest BCUT2D eigenvalue weighted by Crippen LogP contribution is -2.35. The van der Waals surface area contributed by atoms with E-state index < -0.39 is 0 Å². The van der Waals surface area contributed by atoms with Gasteiger partial charge in [0.1, 0.15) is 5.01 Å².